The smallest absolute Gasteiger partial charge is 0.0827 e. The van der Waals surface area contributed by atoms with Crippen molar-refractivity contribution in [3.8, 4) is 0 Å². The summed E-state index contributed by atoms with van der Waals surface area (Å²) in [5, 5.41) is 7.73. The number of ether oxygens (including phenoxy) is 1. The van der Waals surface area contributed by atoms with E-state index >= 15 is 0 Å². The SMILES string of the molecule is COCC(C)Nc1c(C)nn(C)c1C. The van der Waals surface area contributed by atoms with E-state index in [0.717, 1.165) is 17.1 Å². The van der Waals surface area contributed by atoms with Crippen LogP contribution >= 0.6 is 0 Å². The molecule has 0 aliphatic carbocycles. The van der Waals surface area contributed by atoms with Crippen molar-refractivity contribution in [3.63, 3.8) is 0 Å². The summed E-state index contributed by atoms with van der Waals surface area (Å²) in [4.78, 5) is 0. The molecule has 14 heavy (non-hydrogen) atoms. The Hall–Kier alpha value is -1.03. The molecule has 1 aromatic rings. The van der Waals surface area contributed by atoms with E-state index in [-0.39, 0.29) is 0 Å². The number of anilines is 1. The maximum absolute atomic E-state index is 5.07. The molecule has 0 aromatic carbocycles. The van der Waals surface area contributed by atoms with Gasteiger partial charge in [0.1, 0.15) is 0 Å². The summed E-state index contributed by atoms with van der Waals surface area (Å²) in [7, 11) is 3.66. The third-order valence-electron chi connectivity index (χ3n) is 2.32. The molecule has 1 heterocycles. The van der Waals surface area contributed by atoms with Crippen molar-refractivity contribution < 1.29 is 4.74 Å². The fraction of sp³-hybridized carbons (Fsp3) is 0.700. The molecule has 0 spiro atoms. The summed E-state index contributed by atoms with van der Waals surface area (Å²) in [5.74, 6) is 0. The number of aromatic nitrogens is 2. The van der Waals surface area contributed by atoms with E-state index < -0.39 is 0 Å². The van der Waals surface area contributed by atoms with E-state index in [0.29, 0.717) is 12.6 Å². The summed E-state index contributed by atoms with van der Waals surface area (Å²) in [6.07, 6.45) is 0. The fourth-order valence-electron chi connectivity index (χ4n) is 1.52. The molecule has 80 valence electrons. The first-order valence-corrected chi connectivity index (χ1v) is 4.82. The molecule has 0 radical (unpaired) electrons. The molecule has 0 aliphatic rings. The molecule has 4 heteroatoms. The molecule has 0 bridgehead atoms. The average Bonchev–Trinajstić information content (AvgIpc) is 2.33. The summed E-state index contributed by atoms with van der Waals surface area (Å²) in [5.41, 5.74) is 3.32. The highest BCUT2D eigenvalue weighted by Gasteiger charge is 2.11. The Morgan fingerprint density at radius 1 is 1.50 bits per heavy atom. The van der Waals surface area contributed by atoms with Crippen LogP contribution in [0, 0.1) is 13.8 Å². The normalized spacial score (nSPS) is 12.9. The quantitative estimate of drug-likeness (QED) is 0.794. The molecule has 1 aromatic heterocycles. The van der Waals surface area contributed by atoms with Crippen molar-refractivity contribution in [2.45, 2.75) is 26.8 Å². The van der Waals surface area contributed by atoms with Gasteiger partial charge in [0.25, 0.3) is 0 Å². The van der Waals surface area contributed by atoms with Gasteiger partial charge < -0.3 is 10.1 Å². The van der Waals surface area contributed by atoms with Crippen LogP contribution in [-0.2, 0) is 11.8 Å². The Balaban J connectivity index is 2.75. The van der Waals surface area contributed by atoms with E-state index in [1.54, 1.807) is 7.11 Å². The molecule has 1 atom stereocenters. The number of nitrogens with one attached hydrogen (secondary N) is 1. The molecule has 0 saturated carbocycles. The number of nitrogens with zero attached hydrogens (tertiary/aromatic N) is 2. The van der Waals surface area contributed by atoms with Crippen LogP contribution in [-0.4, -0.2) is 29.5 Å². The number of aryl methyl sites for hydroxylation is 2. The summed E-state index contributed by atoms with van der Waals surface area (Å²) < 4.78 is 6.96. The first-order chi connectivity index (χ1) is 6.56. The van der Waals surface area contributed by atoms with Gasteiger partial charge in [-0.1, -0.05) is 0 Å². The van der Waals surface area contributed by atoms with Gasteiger partial charge in [0.05, 0.1) is 23.7 Å². The lowest BCUT2D eigenvalue weighted by Gasteiger charge is -2.14. The van der Waals surface area contributed by atoms with E-state index in [2.05, 4.69) is 24.3 Å². The van der Waals surface area contributed by atoms with Crippen LogP contribution in [0.1, 0.15) is 18.3 Å². The van der Waals surface area contributed by atoms with Crippen LogP contribution in [0.15, 0.2) is 0 Å². The van der Waals surface area contributed by atoms with Crippen LogP contribution in [0.2, 0.25) is 0 Å². The van der Waals surface area contributed by atoms with Gasteiger partial charge in [-0.3, -0.25) is 4.68 Å². The Labute approximate surface area is 85.3 Å². The predicted molar refractivity (Wildman–Crippen MR) is 57.6 cm³/mol. The second kappa shape index (κ2) is 4.46. The van der Waals surface area contributed by atoms with Gasteiger partial charge in [-0.15, -0.1) is 0 Å². The van der Waals surface area contributed by atoms with Gasteiger partial charge >= 0.3 is 0 Å². The van der Waals surface area contributed by atoms with Gasteiger partial charge in [0.15, 0.2) is 0 Å². The fourth-order valence-corrected chi connectivity index (χ4v) is 1.52. The highest BCUT2D eigenvalue weighted by atomic mass is 16.5. The van der Waals surface area contributed by atoms with Gasteiger partial charge in [-0.05, 0) is 20.8 Å². The number of rotatable bonds is 4. The van der Waals surface area contributed by atoms with Crippen molar-refractivity contribution in [1.82, 2.24) is 9.78 Å². The summed E-state index contributed by atoms with van der Waals surface area (Å²) in [6.45, 7) is 6.86. The highest BCUT2D eigenvalue weighted by molar-refractivity contribution is 5.52. The molecule has 0 saturated heterocycles. The number of hydrogen-bond donors (Lipinski definition) is 1. The molecule has 1 rings (SSSR count). The molecule has 0 amide bonds. The maximum atomic E-state index is 5.07. The van der Waals surface area contributed by atoms with Crippen LogP contribution in [0.25, 0.3) is 0 Å². The van der Waals surface area contributed by atoms with Crippen LogP contribution in [0.3, 0.4) is 0 Å². The van der Waals surface area contributed by atoms with E-state index in [9.17, 15) is 0 Å². The van der Waals surface area contributed by atoms with Crippen molar-refractivity contribution >= 4 is 5.69 Å². The lowest BCUT2D eigenvalue weighted by molar-refractivity contribution is 0.190. The van der Waals surface area contributed by atoms with Crippen LogP contribution in [0.5, 0.6) is 0 Å². The Morgan fingerprint density at radius 3 is 2.57 bits per heavy atom. The van der Waals surface area contributed by atoms with E-state index in [1.165, 1.54) is 0 Å². The van der Waals surface area contributed by atoms with Gasteiger partial charge in [0.2, 0.25) is 0 Å². The number of methoxy groups -OCH3 is 1. The monoisotopic (exact) mass is 197 g/mol. The van der Waals surface area contributed by atoms with E-state index in [4.69, 9.17) is 4.74 Å². The Morgan fingerprint density at radius 2 is 2.14 bits per heavy atom. The van der Waals surface area contributed by atoms with Crippen molar-refractivity contribution in [1.29, 1.82) is 0 Å². The summed E-state index contributed by atoms with van der Waals surface area (Å²) >= 11 is 0. The predicted octanol–water partition coefficient (Wildman–Crippen LogP) is 1.48. The maximum Gasteiger partial charge on any atom is 0.0827 e. The standard InChI is InChI=1S/C10H19N3O/c1-7(6-14-5)11-10-8(2)12-13(4)9(10)3/h7,11H,6H2,1-5H3. The first-order valence-electron chi connectivity index (χ1n) is 4.82. The van der Waals surface area contributed by atoms with Crippen molar-refractivity contribution in [2.24, 2.45) is 7.05 Å². The molecule has 1 unspecified atom stereocenters. The van der Waals surface area contributed by atoms with Crippen LogP contribution < -0.4 is 5.32 Å². The minimum Gasteiger partial charge on any atom is -0.383 e. The second-order valence-corrected chi connectivity index (χ2v) is 3.67. The zero-order valence-corrected chi connectivity index (χ0v) is 9.59. The lowest BCUT2D eigenvalue weighted by Crippen LogP contribution is -2.21. The molecule has 0 fully saturated rings. The molecular formula is C10H19N3O. The number of hydrogen-bond acceptors (Lipinski definition) is 3. The molecule has 0 aliphatic heterocycles. The van der Waals surface area contributed by atoms with Crippen molar-refractivity contribution in [3.05, 3.63) is 11.4 Å². The van der Waals surface area contributed by atoms with Gasteiger partial charge in [-0.25, -0.2) is 0 Å². The second-order valence-electron chi connectivity index (χ2n) is 3.67. The zero-order valence-electron chi connectivity index (χ0n) is 9.59. The van der Waals surface area contributed by atoms with Gasteiger partial charge in [0, 0.05) is 20.2 Å². The largest absolute Gasteiger partial charge is 0.383 e. The Kier molecular flexibility index (Phi) is 3.52. The summed E-state index contributed by atoms with van der Waals surface area (Å²) in [6, 6.07) is 0.307. The van der Waals surface area contributed by atoms with Gasteiger partial charge in [-0.2, -0.15) is 5.10 Å². The zero-order chi connectivity index (χ0) is 10.7. The molecule has 1 N–H and O–H groups in total. The average molecular weight is 197 g/mol. The third kappa shape index (κ3) is 2.26. The van der Waals surface area contributed by atoms with Crippen molar-refractivity contribution in [2.75, 3.05) is 19.0 Å². The first kappa shape index (κ1) is 11.0. The van der Waals surface area contributed by atoms with Crippen LogP contribution in [0.4, 0.5) is 5.69 Å². The topological polar surface area (TPSA) is 39.1 Å². The minimum atomic E-state index is 0.307. The minimum absolute atomic E-state index is 0.307. The highest BCUT2D eigenvalue weighted by Crippen LogP contribution is 2.19. The Bertz CT molecular complexity index is 307. The third-order valence-corrected chi connectivity index (χ3v) is 2.32. The van der Waals surface area contributed by atoms with E-state index in [1.807, 2.05) is 18.7 Å². The molecular weight excluding hydrogens is 178 g/mol. The molecule has 4 nitrogen and oxygen atoms in total. The lowest BCUT2D eigenvalue weighted by atomic mass is 10.2.